The van der Waals surface area contributed by atoms with Crippen LogP contribution < -0.4 is 10.2 Å². The van der Waals surface area contributed by atoms with E-state index in [-0.39, 0.29) is 16.0 Å². The Balaban J connectivity index is 2.33. The van der Waals surface area contributed by atoms with Gasteiger partial charge in [0.1, 0.15) is 11.6 Å². The van der Waals surface area contributed by atoms with Crippen LogP contribution in [0.2, 0.25) is 0 Å². The minimum atomic E-state index is -0.374. The number of nitro groups is 1. The Kier molecular flexibility index (Phi) is 3.59. The molecule has 0 amide bonds. The molecular formula is C13H20N4O2. The summed E-state index contributed by atoms with van der Waals surface area (Å²) in [5.74, 6) is 1.22. The first-order valence-electron chi connectivity index (χ1n) is 6.50. The maximum atomic E-state index is 11.0. The highest BCUT2D eigenvalue weighted by Crippen LogP contribution is 2.32. The van der Waals surface area contributed by atoms with Gasteiger partial charge in [-0.3, -0.25) is 10.1 Å². The van der Waals surface area contributed by atoms with Crippen LogP contribution in [-0.4, -0.2) is 30.0 Å². The molecule has 0 spiro atoms. The monoisotopic (exact) mass is 264 g/mol. The zero-order valence-corrected chi connectivity index (χ0v) is 11.6. The van der Waals surface area contributed by atoms with E-state index in [0.29, 0.717) is 11.6 Å². The molecule has 0 aliphatic carbocycles. The molecule has 1 aliphatic rings. The van der Waals surface area contributed by atoms with Gasteiger partial charge in [0.25, 0.3) is 5.69 Å². The second kappa shape index (κ2) is 5.03. The number of hydrogen-bond donors (Lipinski definition) is 1. The van der Waals surface area contributed by atoms with Gasteiger partial charge in [0.15, 0.2) is 0 Å². The number of pyridine rings is 1. The first-order valence-corrected chi connectivity index (χ1v) is 6.50. The molecule has 1 fully saturated rings. The molecule has 1 aromatic heterocycles. The highest BCUT2D eigenvalue weighted by Gasteiger charge is 2.28. The zero-order valence-electron chi connectivity index (χ0n) is 11.6. The smallest absolute Gasteiger partial charge is 0.276 e. The molecule has 0 saturated carbocycles. The van der Waals surface area contributed by atoms with Crippen LogP contribution in [0.25, 0.3) is 0 Å². The van der Waals surface area contributed by atoms with Gasteiger partial charge >= 0.3 is 0 Å². The molecule has 19 heavy (non-hydrogen) atoms. The Bertz CT molecular complexity index is 488. The second-order valence-corrected chi connectivity index (χ2v) is 5.77. The van der Waals surface area contributed by atoms with Crippen LogP contribution in [0.3, 0.4) is 0 Å². The summed E-state index contributed by atoms with van der Waals surface area (Å²) < 4.78 is 0. The van der Waals surface area contributed by atoms with Crippen molar-refractivity contribution in [2.24, 2.45) is 5.41 Å². The lowest BCUT2D eigenvalue weighted by Gasteiger charge is -2.38. The van der Waals surface area contributed by atoms with Gasteiger partial charge in [-0.2, -0.15) is 0 Å². The quantitative estimate of drug-likeness (QED) is 0.671. The Hall–Kier alpha value is -1.85. The number of nitrogens with zero attached hydrogens (tertiary/aromatic N) is 3. The molecule has 0 bridgehead atoms. The lowest BCUT2D eigenvalue weighted by Crippen LogP contribution is -2.40. The predicted molar refractivity (Wildman–Crippen MR) is 75.7 cm³/mol. The largest absolute Gasteiger partial charge is 0.373 e. The molecule has 6 nitrogen and oxygen atoms in total. The van der Waals surface area contributed by atoms with E-state index in [1.807, 2.05) is 0 Å². The molecule has 0 atom stereocenters. The van der Waals surface area contributed by atoms with Crippen LogP contribution in [0, 0.1) is 15.5 Å². The van der Waals surface area contributed by atoms with E-state index in [1.165, 1.54) is 12.5 Å². The normalized spacial score (nSPS) is 18.2. The molecule has 104 valence electrons. The first-order chi connectivity index (χ1) is 8.91. The molecule has 1 N–H and O–H groups in total. The van der Waals surface area contributed by atoms with Gasteiger partial charge in [-0.15, -0.1) is 0 Å². The molecule has 1 aromatic rings. The summed E-state index contributed by atoms with van der Waals surface area (Å²) in [7, 11) is 1.72. The standard InChI is InChI=1S/C13H20N4O2/c1-13(2)5-4-6-16(9-13)12-8-10(17(18)19)7-11(14-3)15-12/h7-8H,4-6,9H2,1-3H3,(H,14,15). The zero-order chi connectivity index (χ0) is 14.0. The minimum Gasteiger partial charge on any atom is -0.373 e. The van der Waals surface area contributed by atoms with Crippen molar-refractivity contribution in [2.75, 3.05) is 30.4 Å². The first kappa shape index (κ1) is 13.6. The summed E-state index contributed by atoms with van der Waals surface area (Å²) in [6.07, 6.45) is 2.27. The van der Waals surface area contributed by atoms with Gasteiger partial charge in [-0.1, -0.05) is 13.8 Å². The SMILES string of the molecule is CNc1cc([N+](=O)[O-])cc(N2CCCC(C)(C)C2)n1. The molecule has 1 aliphatic heterocycles. The fourth-order valence-electron chi connectivity index (χ4n) is 2.52. The van der Waals surface area contributed by atoms with E-state index < -0.39 is 0 Å². The maximum absolute atomic E-state index is 11.0. The summed E-state index contributed by atoms with van der Waals surface area (Å²) in [5.41, 5.74) is 0.308. The summed E-state index contributed by atoms with van der Waals surface area (Å²) in [6.45, 7) is 6.22. The second-order valence-electron chi connectivity index (χ2n) is 5.77. The van der Waals surface area contributed by atoms with Crippen molar-refractivity contribution < 1.29 is 4.92 Å². The highest BCUT2D eigenvalue weighted by atomic mass is 16.6. The van der Waals surface area contributed by atoms with Crippen molar-refractivity contribution in [1.82, 2.24) is 4.98 Å². The third-order valence-corrected chi connectivity index (χ3v) is 3.49. The van der Waals surface area contributed by atoms with Crippen molar-refractivity contribution in [3.8, 4) is 0 Å². The van der Waals surface area contributed by atoms with E-state index >= 15 is 0 Å². The Morgan fingerprint density at radius 2 is 2.21 bits per heavy atom. The molecular weight excluding hydrogens is 244 g/mol. The number of piperidine rings is 1. The van der Waals surface area contributed by atoms with Crippen molar-refractivity contribution in [3.05, 3.63) is 22.2 Å². The molecule has 2 heterocycles. The van der Waals surface area contributed by atoms with Crippen molar-refractivity contribution in [1.29, 1.82) is 0 Å². The minimum absolute atomic E-state index is 0.0812. The lowest BCUT2D eigenvalue weighted by molar-refractivity contribution is -0.384. The van der Waals surface area contributed by atoms with Crippen LogP contribution >= 0.6 is 0 Å². The van der Waals surface area contributed by atoms with E-state index in [2.05, 4.69) is 29.0 Å². The third-order valence-electron chi connectivity index (χ3n) is 3.49. The van der Waals surface area contributed by atoms with Gasteiger partial charge in [-0.05, 0) is 18.3 Å². The highest BCUT2D eigenvalue weighted by molar-refractivity contribution is 5.56. The van der Waals surface area contributed by atoms with E-state index in [9.17, 15) is 10.1 Å². The number of rotatable bonds is 3. The van der Waals surface area contributed by atoms with Crippen LogP contribution in [0.4, 0.5) is 17.3 Å². The van der Waals surface area contributed by atoms with Crippen molar-refractivity contribution in [3.63, 3.8) is 0 Å². The number of nitrogens with one attached hydrogen (secondary N) is 1. The number of anilines is 2. The Morgan fingerprint density at radius 1 is 1.47 bits per heavy atom. The van der Waals surface area contributed by atoms with E-state index in [1.54, 1.807) is 13.1 Å². The predicted octanol–water partition coefficient (Wildman–Crippen LogP) is 2.66. The molecule has 2 rings (SSSR count). The summed E-state index contributed by atoms with van der Waals surface area (Å²) >= 11 is 0. The molecule has 0 aromatic carbocycles. The number of hydrogen-bond acceptors (Lipinski definition) is 5. The lowest BCUT2D eigenvalue weighted by atomic mass is 9.84. The average molecular weight is 264 g/mol. The van der Waals surface area contributed by atoms with Crippen LogP contribution in [-0.2, 0) is 0 Å². The maximum Gasteiger partial charge on any atom is 0.276 e. The number of aromatic nitrogens is 1. The van der Waals surface area contributed by atoms with E-state index in [0.717, 1.165) is 19.5 Å². The van der Waals surface area contributed by atoms with Gasteiger partial charge in [0, 0.05) is 20.1 Å². The van der Waals surface area contributed by atoms with E-state index in [4.69, 9.17) is 0 Å². The Labute approximate surface area is 113 Å². The molecule has 1 saturated heterocycles. The van der Waals surface area contributed by atoms with Crippen LogP contribution in [0.5, 0.6) is 0 Å². The Morgan fingerprint density at radius 3 is 2.79 bits per heavy atom. The summed E-state index contributed by atoms with van der Waals surface area (Å²) in [4.78, 5) is 17.2. The molecule has 6 heteroatoms. The van der Waals surface area contributed by atoms with Crippen LogP contribution in [0.1, 0.15) is 26.7 Å². The van der Waals surface area contributed by atoms with Crippen molar-refractivity contribution >= 4 is 17.3 Å². The molecule has 0 unspecified atom stereocenters. The van der Waals surface area contributed by atoms with Gasteiger partial charge in [0.05, 0.1) is 17.1 Å². The summed E-state index contributed by atoms with van der Waals surface area (Å²) in [5, 5.41) is 13.8. The fourth-order valence-corrected chi connectivity index (χ4v) is 2.52. The van der Waals surface area contributed by atoms with Gasteiger partial charge < -0.3 is 10.2 Å². The van der Waals surface area contributed by atoms with Crippen LogP contribution in [0.15, 0.2) is 12.1 Å². The van der Waals surface area contributed by atoms with Crippen molar-refractivity contribution in [2.45, 2.75) is 26.7 Å². The average Bonchev–Trinajstić information content (AvgIpc) is 2.37. The molecule has 0 radical (unpaired) electrons. The van der Waals surface area contributed by atoms with Gasteiger partial charge in [0.2, 0.25) is 0 Å². The van der Waals surface area contributed by atoms with Gasteiger partial charge in [-0.25, -0.2) is 4.98 Å². The fraction of sp³-hybridized carbons (Fsp3) is 0.615. The third kappa shape index (κ3) is 3.13. The topological polar surface area (TPSA) is 71.3 Å². The summed E-state index contributed by atoms with van der Waals surface area (Å²) in [6, 6.07) is 3.01.